The molecule has 2 amide bonds. The highest BCUT2D eigenvalue weighted by atomic mass is 19.3. The Hall–Kier alpha value is -3.49. The third-order valence-corrected chi connectivity index (χ3v) is 6.29. The minimum Gasteiger partial charge on any atom is -0.481 e. The van der Waals surface area contributed by atoms with E-state index in [1.54, 1.807) is 0 Å². The Morgan fingerprint density at radius 2 is 1.70 bits per heavy atom. The van der Waals surface area contributed by atoms with Gasteiger partial charge >= 0.3 is 12.1 Å². The lowest BCUT2D eigenvalue weighted by atomic mass is 9.93. The highest BCUT2D eigenvalue weighted by Crippen LogP contribution is 2.44. The lowest BCUT2D eigenvalue weighted by Crippen LogP contribution is -2.56. The first kappa shape index (κ1) is 22.7. The third-order valence-electron chi connectivity index (χ3n) is 6.29. The molecule has 174 valence electrons. The Kier molecular flexibility index (Phi) is 6.05. The molecule has 7 nitrogen and oxygen atoms in total. The molecule has 2 aromatic carbocycles. The van der Waals surface area contributed by atoms with Gasteiger partial charge in [0.05, 0.1) is 0 Å². The number of rotatable bonds is 5. The highest BCUT2D eigenvalue weighted by molar-refractivity contribution is 5.86. The van der Waals surface area contributed by atoms with Crippen LogP contribution in [0.1, 0.15) is 30.4 Å². The van der Waals surface area contributed by atoms with Crippen LogP contribution in [0.3, 0.4) is 0 Å². The van der Waals surface area contributed by atoms with Crippen LogP contribution in [0.15, 0.2) is 48.5 Å². The van der Waals surface area contributed by atoms with Gasteiger partial charge < -0.3 is 20.1 Å². The van der Waals surface area contributed by atoms with Crippen molar-refractivity contribution in [2.24, 2.45) is 5.92 Å². The van der Waals surface area contributed by atoms with Gasteiger partial charge in [-0.2, -0.15) is 0 Å². The number of amides is 2. The first-order valence-corrected chi connectivity index (χ1v) is 10.7. The average Bonchev–Trinajstić information content (AvgIpc) is 3.10. The molecule has 2 aliphatic rings. The number of ether oxygens (including phenoxy) is 1. The molecule has 1 heterocycles. The first-order chi connectivity index (χ1) is 15.7. The van der Waals surface area contributed by atoms with Crippen LogP contribution in [0, 0.1) is 5.92 Å². The fourth-order valence-electron chi connectivity index (χ4n) is 4.51. The molecule has 0 saturated carbocycles. The molecule has 9 heteroatoms. The van der Waals surface area contributed by atoms with Crippen molar-refractivity contribution in [3.05, 3.63) is 59.7 Å². The summed E-state index contributed by atoms with van der Waals surface area (Å²) in [4.78, 5) is 37.2. The number of hydrogen-bond donors (Lipinski definition) is 2. The lowest BCUT2D eigenvalue weighted by Gasteiger charge is -2.37. The molecule has 1 unspecified atom stereocenters. The summed E-state index contributed by atoms with van der Waals surface area (Å²) in [7, 11) is 0. The van der Waals surface area contributed by atoms with E-state index in [0.717, 1.165) is 27.2 Å². The van der Waals surface area contributed by atoms with Gasteiger partial charge in [0.25, 0.3) is 5.92 Å². The smallest absolute Gasteiger partial charge is 0.407 e. The normalized spacial score (nSPS) is 19.8. The van der Waals surface area contributed by atoms with E-state index in [4.69, 9.17) is 9.84 Å². The molecule has 2 aromatic rings. The number of aliphatic carboxylic acids is 1. The molecule has 4 rings (SSSR count). The van der Waals surface area contributed by atoms with Gasteiger partial charge in [-0.05, 0) is 29.2 Å². The van der Waals surface area contributed by atoms with Crippen molar-refractivity contribution in [2.45, 2.75) is 31.2 Å². The standard InChI is InChI=1S/C24H24F2N2O5/c1-14(21(29)28-11-10-24(25,26)20(12-28)22(30)31)27-23(32)33-13-19-17-8-4-2-6-15(17)16-7-3-5-9-18(16)19/h2-9,14,19-20H,10-13H2,1H3,(H,27,32)(H,30,31)/t14-,20?/m0/s1. The van der Waals surface area contributed by atoms with Crippen LogP contribution in [0.5, 0.6) is 0 Å². The summed E-state index contributed by atoms with van der Waals surface area (Å²) < 4.78 is 33.0. The van der Waals surface area contributed by atoms with Gasteiger partial charge in [0.1, 0.15) is 18.6 Å². The van der Waals surface area contributed by atoms with Crippen molar-refractivity contribution in [1.82, 2.24) is 10.2 Å². The molecular weight excluding hydrogens is 434 g/mol. The summed E-state index contributed by atoms with van der Waals surface area (Å²) in [5.41, 5.74) is 4.26. The molecule has 0 aromatic heterocycles. The van der Waals surface area contributed by atoms with Crippen molar-refractivity contribution < 1.29 is 33.0 Å². The Bertz CT molecular complexity index is 1040. The Morgan fingerprint density at radius 1 is 1.12 bits per heavy atom. The van der Waals surface area contributed by atoms with E-state index in [2.05, 4.69) is 5.32 Å². The van der Waals surface area contributed by atoms with E-state index < -0.39 is 48.8 Å². The van der Waals surface area contributed by atoms with Gasteiger partial charge in [-0.3, -0.25) is 9.59 Å². The number of alkyl carbamates (subject to hydrolysis) is 1. The van der Waals surface area contributed by atoms with Crippen LogP contribution in [-0.2, 0) is 14.3 Å². The van der Waals surface area contributed by atoms with E-state index in [0.29, 0.717) is 0 Å². The molecule has 1 fully saturated rings. The number of hydrogen-bond acceptors (Lipinski definition) is 4. The van der Waals surface area contributed by atoms with Crippen LogP contribution in [0.4, 0.5) is 13.6 Å². The molecule has 1 aliphatic heterocycles. The number of benzene rings is 2. The number of likely N-dealkylation sites (tertiary alicyclic amines) is 1. The summed E-state index contributed by atoms with van der Waals surface area (Å²) in [6, 6.07) is 14.7. The molecule has 2 atom stereocenters. The molecular formula is C24H24F2N2O5. The summed E-state index contributed by atoms with van der Waals surface area (Å²) in [6.45, 7) is 0.578. The number of carboxylic acids is 1. The van der Waals surface area contributed by atoms with E-state index in [9.17, 15) is 23.2 Å². The zero-order valence-corrected chi connectivity index (χ0v) is 18.0. The van der Waals surface area contributed by atoms with Crippen molar-refractivity contribution in [3.63, 3.8) is 0 Å². The summed E-state index contributed by atoms with van der Waals surface area (Å²) in [6.07, 6.45) is -1.55. The Labute approximate surface area is 189 Å². The highest BCUT2D eigenvalue weighted by Gasteiger charge is 2.49. The maximum Gasteiger partial charge on any atom is 0.407 e. The minimum atomic E-state index is -3.38. The number of piperidine rings is 1. The molecule has 2 N–H and O–H groups in total. The predicted molar refractivity (Wildman–Crippen MR) is 115 cm³/mol. The first-order valence-electron chi connectivity index (χ1n) is 10.7. The number of fused-ring (bicyclic) bond motifs is 3. The molecule has 1 aliphatic carbocycles. The second-order valence-corrected chi connectivity index (χ2v) is 8.38. The maximum absolute atomic E-state index is 13.8. The fraction of sp³-hybridized carbons (Fsp3) is 0.375. The van der Waals surface area contributed by atoms with Crippen molar-refractivity contribution >= 4 is 18.0 Å². The van der Waals surface area contributed by atoms with Gasteiger partial charge in [0.2, 0.25) is 5.91 Å². The van der Waals surface area contributed by atoms with Gasteiger partial charge in [0, 0.05) is 25.4 Å². The third kappa shape index (κ3) is 4.40. The van der Waals surface area contributed by atoms with Crippen molar-refractivity contribution in [2.75, 3.05) is 19.7 Å². The van der Waals surface area contributed by atoms with Crippen molar-refractivity contribution in [1.29, 1.82) is 0 Å². The largest absolute Gasteiger partial charge is 0.481 e. The predicted octanol–water partition coefficient (Wildman–Crippen LogP) is 3.48. The summed E-state index contributed by atoms with van der Waals surface area (Å²) >= 11 is 0. The topological polar surface area (TPSA) is 95.9 Å². The van der Waals surface area contributed by atoms with Crippen LogP contribution >= 0.6 is 0 Å². The van der Waals surface area contributed by atoms with Crippen LogP contribution in [0.2, 0.25) is 0 Å². The fourth-order valence-corrected chi connectivity index (χ4v) is 4.51. The van der Waals surface area contributed by atoms with E-state index in [1.165, 1.54) is 6.92 Å². The van der Waals surface area contributed by atoms with E-state index >= 15 is 0 Å². The number of carboxylic acid groups (broad SMARTS) is 1. The number of nitrogens with one attached hydrogen (secondary N) is 1. The van der Waals surface area contributed by atoms with E-state index in [-0.39, 0.29) is 19.1 Å². The number of nitrogens with zero attached hydrogens (tertiary/aromatic N) is 1. The second kappa shape index (κ2) is 8.80. The van der Waals surface area contributed by atoms with E-state index in [1.807, 2.05) is 48.5 Å². The van der Waals surface area contributed by atoms with Crippen molar-refractivity contribution in [3.8, 4) is 11.1 Å². The summed E-state index contributed by atoms with van der Waals surface area (Å²) in [5, 5.41) is 11.5. The zero-order chi connectivity index (χ0) is 23.8. The number of carbonyl (C=O) groups excluding carboxylic acids is 2. The molecule has 0 radical (unpaired) electrons. The molecule has 0 bridgehead atoms. The number of alkyl halides is 2. The van der Waals surface area contributed by atoms with Gasteiger partial charge in [-0.1, -0.05) is 48.5 Å². The Balaban J connectivity index is 1.36. The number of carbonyl (C=O) groups is 3. The quantitative estimate of drug-likeness (QED) is 0.715. The minimum absolute atomic E-state index is 0.0673. The molecule has 0 spiro atoms. The monoisotopic (exact) mass is 458 g/mol. The van der Waals surface area contributed by atoms with Gasteiger partial charge in [0.15, 0.2) is 0 Å². The molecule has 1 saturated heterocycles. The molecule has 33 heavy (non-hydrogen) atoms. The van der Waals surface area contributed by atoms with Crippen LogP contribution in [-0.4, -0.2) is 59.6 Å². The van der Waals surface area contributed by atoms with Crippen LogP contribution in [0.25, 0.3) is 11.1 Å². The average molecular weight is 458 g/mol. The van der Waals surface area contributed by atoms with Gasteiger partial charge in [-0.15, -0.1) is 0 Å². The zero-order valence-electron chi connectivity index (χ0n) is 18.0. The summed E-state index contributed by atoms with van der Waals surface area (Å²) in [5.74, 6) is -7.79. The second-order valence-electron chi connectivity index (χ2n) is 8.38. The van der Waals surface area contributed by atoms with Gasteiger partial charge in [-0.25, -0.2) is 13.6 Å². The van der Waals surface area contributed by atoms with Crippen LogP contribution < -0.4 is 5.32 Å². The SMILES string of the molecule is C[C@H](NC(=O)OCC1c2ccccc2-c2ccccc21)C(=O)N1CCC(F)(F)C(C(=O)O)C1. The maximum atomic E-state index is 13.8. The lowest BCUT2D eigenvalue weighted by molar-refractivity contribution is -0.169. The Morgan fingerprint density at radius 3 is 2.27 bits per heavy atom. The number of halogens is 2.